The fourth-order valence-corrected chi connectivity index (χ4v) is 3.57. The van der Waals surface area contributed by atoms with E-state index in [1.807, 2.05) is 18.2 Å². The molecule has 0 unspecified atom stereocenters. The van der Waals surface area contributed by atoms with Crippen LogP contribution in [0.25, 0.3) is 17.0 Å². The SMILES string of the molecule is Cc1nn(Cc2ccccc2Cl)c(Cl)c1C=CC(=O)OCn1nnc2ccccc2c1=O. The van der Waals surface area contributed by atoms with Gasteiger partial charge in [-0.15, -0.1) is 5.10 Å². The number of fused-ring (bicyclic) bond motifs is 1. The quantitative estimate of drug-likeness (QED) is 0.314. The lowest BCUT2D eigenvalue weighted by atomic mass is 10.2. The van der Waals surface area contributed by atoms with Crippen LogP contribution >= 0.6 is 23.2 Å². The van der Waals surface area contributed by atoms with Crippen molar-refractivity contribution in [2.24, 2.45) is 0 Å². The van der Waals surface area contributed by atoms with Gasteiger partial charge < -0.3 is 4.74 Å². The number of hydrogen-bond acceptors (Lipinski definition) is 6. The zero-order valence-corrected chi connectivity index (χ0v) is 18.4. The summed E-state index contributed by atoms with van der Waals surface area (Å²) >= 11 is 12.7. The van der Waals surface area contributed by atoms with Crippen molar-refractivity contribution in [3.63, 3.8) is 0 Å². The smallest absolute Gasteiger partial charge is 0.332 e. The van der Waals surface area contributed by atoms with Gasteiger partial charge in [-0.05, 0) is 36.8 Å². The zero-order valence-electron chi connectivity index (χ0n) is 16.9. The Morgan fingerprint density at radius 3 is 2.66 bits per heavy atom. The first-order valence-electron chi connectivity index (χ1n) is 9.57. The molecule has 162 valence electrons. The van der Waals surface area contributed by atoms with Crippen molar-refractivity contribution < 1.29 is 9.53 Å². The van der Waals surface area contributed by atoms with Gasteiger partial charge in [0.05, 0.1) is 17.6 Å². The molecule has 2 aromatic carbocycles. The number of esters is 1. The van der Waals surface area contributed by atoms with Crippen molar-refractivity contribution in [3.8, 4) is 0 Å². The summed E-state index contributed by atoms with van der Waals surface area (Å²) in [7, 11) is 0. The predicted octanol–water partition coefficient (Wildman–Crippen LogP) is 3.87. The number of aryl methyl sites for hydroxylation is 1. The van der Waals surface area contributed by atoms with Gasteiger partial charge in [-0.1, -0.05) is 58.7 Å². The fourth-order valence-electron chi connectivity index (χ4n) is 3.08. The summed E-state index contributed by atoms with van der Waals surface area (Å²) in [6, 6.07) is 14.2. The van der Waals surface area contributed by atoms with Crippen molar-refractivity contribution in [1.82, 2.24) is 24.8 Å². The predicted molar refractivity (Wildman–Crippen MR) is 121 cm³/mol. The molecule has 2 heterocycles. The highest BCUT2D eigenvalue weighted by Crippen LogP contribution is 2.24. The summed E-state index contributed by atoms with van der Waals surface area (Å²) in [5, 5.41) is 13.5. The van der Waals surface area contributed by atoms with Gasteiger partial charge >= 0.3 is 5.97 Å². The lowest BCUT2D eigenvalue weighted by molar-refractivity contribution is -0.141. The minimum Gasteiger partial charge on any atom is -0.439 e. The van der Waals surface area contributed by atoms with Gasteiger partial charge in [0.25, 0.3) is 5.56 Å². The number of benzene rings is 2. The maximum absolute atomic E-state index is 12.4. The average Bonchev–Trinajstić information content (AvgIpc) is 3.06. The van der Waals surface area contributed by atoms with Crippen LogP contribution in [0.5, 0.6) is 0 Å². The number of ether oxygens (including phenoxy) is 1. The van der Waals surface area contributed by atoms with Crippen LogP contribution in [0.3, 0.4) is 0 Å². The molecule has 4 rings (SSSR count). The molecule has 0 saturated carbocycles. The van der Waals surface area contributed by atoms with E-state index in [2.05, 4.69) is 15.4 Å². The van der Waals surface area contributed by atoms with Crippen LogP contribution in [0.4, 0.5) is 0 Å². The first-order valence-corrected chi connectivity index (χ1v) is 10.3. The van der Waals surface area contributed by atoms with Crippen LogP contribution in [0.2, 0.25) is 10.2 Å². The molecule has 2 aromatic heterocycles. The van der Waals surface area contributed by atoms with Gasteiger partial charge in [0.15, 0.2) is 6.73 Å². The number of rotatable bonds is 6. The Bertz CT molecular complexity index is 1390. The van der Waals surface area contributed by atoms with Gasteiger partial charge in [-0.3, -0.25) is 4.79 Å². The van der Waals surface area contributed by atoms with E-state index in [4.69, 9.17) is 27.9 Å². The van der Waals surface area contributed by atoms with Gasteiger partial charge in [-0.25, -0.2) is 9.48 Å². The van der Waals surface area contributed by atoms with Gasteiger partial charge in [-0.2, -0.15) is 9.78 Å². The molecule has 0 saturated heterocycles. The Morgan fingerprint density at radius 2 is 1.84 bits per heavy atom. The zero-order chi connectivity index (χ0) is 22.7. The van der Waals surface area contributed by atoms with E-state index in [-0.39, 0.29) is 6.73 Å². The third kappa shape index (κ3) is 4.56. The normalized spacial score (nSPS) is 11.3. The van der Waals surface area contributed by atoms with E-state index in [0.29, 0.717) is 38.9 Å². The number of halogens is 2. The van der Waals surface area contributed by atoms with E-state index in [1.165, 1.54) is 12.2 Å². The van der Waals surface area contributed by atoms with E-state index in [1.54, 1.807) is 41.9 Å². The number of hydrogen-bond donors (Lipinski definition) is 0. The molecule has 0 radical (unpaired) electrons. The molecule has 0 bridgehead atoms. The number of carbonyl (C=O) groups excluding carboxylic acids is 1. The second kappa shape index (κ2) is 9.33. The Balaban J connectivity index is 1.45. The third-order valence-electron chi connectivity index (χ3n) is 4.73. The maximum Gasteiger partial charge on any atom is 0.332 e. The molecule has 8 nitrogen and oxygen atoms in total. The number of aromatic nitrogens is 5. The highest BCUT2D eigenvalue weighted by molar-refractivity contribution is 6.32. The van der Waals surface area contributed by atoms with Crippen molar-refractivity contribution >= 4 is 46.2 Å². The Morgan fingerprint density at radius 1 is 1.09 bits per heavy atom. The third-order valence-corrected chi connectivity index (χ3v) is 5.50. The molecule has 0 aliphatic heterocycles. The fraction of sp³-hybridized carbons (Fsp3) is 0.136. The van der Waals surface area contributed by atoms with Gasteiger partial charge in [0.2, 0.25) is 0 Å². The first kappa shape index (κ1) is 21.7. The van der Waals surface area contributed by atoms with Crippen LogP contribution in [0.15, 0.2) is 59.4 Å². The van der Waals surface area contributed by atoms with Crippen molar-refractivity contribution in [2.45, 2.75) is 20.2 Å². The lowest BCUT2D eigenvalue weighted by Crippen LogP contribution is -2.26. The monoisotopic (exact) mass is 469 g/mol. The van der Waals surface area contributed by atoms with E-state index >= 15 is 0 Å². The van der Waals surface area contributed by atoms with Crippen molar-refractivity contribution in [1.29, 1.82) is 0 Å². The molecule has 4 aromatic rings. The molecule has 0 fully saturated rings. The van der Waals surface area contributed by atoms with E-state index in [0.717, 1.165) is 10.2 Å². The summed E-state index contributed by atoms with van der Waals surface area (Å²) in [5.74, 6) is -0.666. The lowest BCUT2D eigenvalue weighted by Gasteiger charge is -2.05. The second-order valence-electron chi connectivity index (χ2n) is 6.88. The standard InChI is InChI=1S/C22H17Cl2N5O3/c1-14-16(21(24)28(26-14)12-15-6-2-4-8-18(15)23)10-11-20(30)32-13-29-22(31)17-7-3-5-9-19(17)25-27-29/h2-11H,12-13H2,1H3. The topological polar surface area (TPSA) is 91.9 Å². The minimum atomic E-state index is -0.666. The highest BCUT2D eigenvalue weighted by atomic mass is 35.5. The largest absolute Gasteiger partial charge is 0.439 e. The van der Waals surface area contributed by atoms with Crippen LogP contribution in [0.1, 0.15) is 16.8 Å². The Labute approximate surface area is 192 Å². The first-order chi connectivity index (χ1) is 15.4. The number of nitrogens with zero attached hydrogens (tertiary/aromatic N) is 5. The molecule has 32 heavy (non-hydrogen) atoms. The van der Waals surface area contributed by atoms with E-state index in [9.17, 15) is 9.59 Å². The Hall–Kier alpha value is -3.49. The highest BCUT2D eigenvalue weighted by Gasteiger charge is 2.13. The summed E-state index contributed by atoms with van der Waals surface area (Å²) < 4.78 is 7.71. The molecular formula is C22H17Cl2N5O3. The van der Waals surface area contributed by atoms with Crippen LogP contribution < -0.4 is 5.56 Å². The summed E-state index contributed by atoms with van der Waals surface area (Å²) in [4.78, 5) is 24.6. The summed E-state index contributed by atoms with van der Waals surface area (Å²) in [5.41, 5.74) is 2.17. The molecule has 0 N–H and O–H groups in total. The molecule has 0 atom stereocenters. The van der Waals surface area contributed by atoms with Crippen LogP contribution in [-0.4, -0.2) is 30.7 Å². The van der Waals surface area contributed by atoms with Crippen LogP contribution in [-0.2, 0) is 22.8 Å². The summed E-state index contributed by atoms with van der Waals surface area (Å²) in [6.07, 6.45) is 2.74. The van der Waals surface area contributed by atoms with Gasteiger partial charge in [0.1, 0.15) is 10.7 Å². The summed E-state index contributed by atoms with van der Waals surface area (Å²) in [6.45, 7) is 1.81. The van der Waals surface area contributed by atoms with Crippen molar-refractivity contribution in [2.75, 3.05) is 0 Å². The second-order valence-corrected chi connectivity index (χ2v) is 7.64. The molecule has 0 aliphatic rings. The number of carbonyl (C=O) groups is 1. The maximum atomic E-state index is 12.4. The van der Waals surface area contributed by atoms with E-state index < -0.39 is 11.5 Å². The molecule has 10 heteroatoms. The molecule has 0 aliphatic carbocycles. The van der Waals surface area contributed by atoms with Gasteiger partial charge in [0, 0.05) is 16.7 Å². The van der Waals surface area contributed by atoms with Crippen LogP contribution in [0, 0.1) is 6.92 Å². The Kier molecular flexibility index (Phi) is 6.34. The molecule has 0 amide bonds. The molecule has 0 spiro atoms. The minimum absolute atomic E-state index is 0.363. The molecular weight excluding hydrogens is 453 g/mol. The van der Waals surface area contributed by atoms with Crippen molar-refractivity contribution in [3.05, 3.63) is 92.0 Å². The average molecular weight is 470 g/mol.